The molecule has 2 rings (SSSR count). The zero-order valence-corrected chi connectivity index (χ0v) is 18.2. The Bertz CT molecular complexity index is 922. The first-order valence-corrected chi connectivity index (χ1v) is 11.2. The van der Waals surface area contributed by atoms with Gasteiger partial charge in [-0.1, -0.05) is 41.9 Å². The first-order valence-electron chi connectivity index (χ1n) is 8.96. The summed E-state index contributed by atoms with van der Waals surface area (Å²) in [7, 11) is -2.26. The topological polar surface area (TPSA) is 84.9 Å². The third-order valence-corrected chi connectivity index (χ3v) is 5.67. The molecular weight excluding hydrogens is 416 g/mol. The van der Waals surface area contributed by atoms with Crippen LogP contribution in [0.4, 0.5) is 5.69 Å². The van der Waals surface area contributed by atoms with Crippen molar-refractivity contribution in [2.45, 2.75) is 19.6 Å². The summed E-state index contributed by atoms with van der Waals surface area (Å²) in [5.74, 6) is -0.0257. The lowest BCUT2D eigenvalue weighted by molar-refractivity contribution is -0.122. The molecule has 0 aliphatic rings. The molecular formula is C20H25ClN2O5S. The molecule has 7 nitrogen and oxygen atoms in total. The number of nitrogens with one attached hydrogen (secondary N) is 1. The maximum Gasteiger partial charge on any atom is 0.243 e. The fourth-order valence-corrected chi connectivity index (χ4v) is 4.18. The number of anilines is 1. The van der Waals surface area contributed by atoms with E-state index in [4.69, 9.17) is 21.1 Å². The number of ether oxygens (including phenoxy) is 2. The predicted molar refractivity (Wildman–Crippen MR) is 114 cm³/mol. The summed E-state index contributed by atoms with van der Waals surface area (Å²) in [5.41, 5.74) is 1.31. The van der Waals surface area contributed by atoms with Gasteiger partial charge in [-0.05, 0) is 30.7 Å². The fourth-order valence-electron chi connectivity index (χ4n) is 2.76. The van der Waals surface area contributed by atoms with Crippen molar-refractivity contribution in [1.29, 1.82) is 0 Å². The summed E-state index contributed by atoms with van der Waals surface area (Å²) in [6.45, 7) is 2.52. The summed E-state index contributed by atoms with van der Waals surface area (Å²) in [6, 6.07) is 13.2. The molecule has 0 saturated carbocycles. The van der Waals surface area contributed by atoms with Gasteiger partial charge in [-0.25, -0.2) is 8.42 Å². The van der Waals surface area contributed by atoms with Crippen LogP contribution in [-0.2, 0) is 26.2 Å². The molecule has 0 aliphatic carbocycles. The van der Waals surface area contributed by atoms with Crippen LogP contribution < -0.4 is 14.4 Å². The van der Waals surface area contributed by atoms with Gasteiger partial charge in [0.2, 0.25) is 15.9 Å². The summed E-state index contributed by atoms with van der Waals surface area (Å²) in [5, 5.41) is 2.95. The van der Waals surface area contributed by atoms with E-state index in [1.807, 2.05) is 30.3 Å². The quantitative estimate of drug-likeness (QED) is 0.574. The molecule has 1 N–H and O–H groups in total. The Kier molecular flexibility index (Phi) is 8.31. The van der Waals surface area contributed by atoms with E-state index >= 15 is 0 Å². The zero-order chi connectivity index (χ0) is 21.4. The number of hydrogen-bond acceptors (Lipinski definition) is 5. The summed E-state index contributed by atoms with van der Waals surface area (Å²) in [4.78, 5) is 12.5. The Labute approximate surface area is 176 Å². The number of halogens is 1. The lowest BCUT2D eigenvalue weighted by atomic mass is 10.2. The van der Waals surface area contributed by atoms with Gasteiger partial charge in [0.15, 0.2) is 0 Å². The van der Waals surface area contributed by atoms with Crippen LogP contribution in [0.15, 0.2) is 48.5 Å². The van der Waals surface area contributed by atoms with Gasteiger partial charge >= 0.3 is 0 Å². The number of benzene rings is 2. The molecule has 9 heteroatoms. The Balaban J connectivity index is 1.97. The van der Waals surface area contributed by atoms with Crippen LogP contribution in [-0.4, -0.2) is 46.9 Å². The van der Waals surface area contributed by atoms with Crippen LogP contribution in [0.5, 0.6) is 5.75 Å². The standard InChI is InChI=1S/C20H25ClN2O5S/c1-15(20(24)22-11-12-28-14-16-7-5-4-6-8-16)23(29(3,25)26)17-9-10-19(27-2)18(21)13-17/h4-10,13,15H,11-12,14H2,1-3H3,(H,22,24)/t15-/m0/s1. The van der Waals surface area contributed by atoms with E-state index in [2.05, 4.69) is 5.32 Å². The Morgan fingerprint density at radius 1 is 1.21 bits per heavy atom. The fraction of sp³-hybridized carbons (Fsp3) is 0.350. The van der Waals surface area contributed by atoms with E-state index in [0.29, 0.717) is 19.0 Å². The van der Waals surface area contributed by atoms with E-state index in [-0.39, 0.29) is 17.3 Å². The van der Waals surface area contributed by atoms with Gasteiger partial charge < -0.3 is 14.8 Å². The van der Waals surface area contributed by atoms with Crippen LogP contribution in [0, 0.1) is 0 Å². The van der Waals surface area contributed by atoms with Crippen molar-refractivity contribution in [3.8, 4) is 5.75 Å². The molecule has 2 aromatic carbocycles. The van der Waals surface area contributed by atoms with Crippen molar-refractivity contribution >= 4 is 33.2 Å². The third kappa shape index (κ3) is 6.62. The van der Waals surface area contributed by atoms with Crippen molar-refractivity contribution in [2.24, 2.45) is 0 Å². The average molecular weight is 441 g/mol. The number of carbonyl (C=O) groups excluding carboxylic acids is 1. The zero-order valence-electron chi connectivity index (χ0n) is 16.6. The molecule has 0 unspecified atom stereocenters. The van der Waals surface area contributed by atoms with Gasteiger partial charge in [0.1, 0.15) is 11.8 Å². The smallest absolute Gasteiger partial charge is 0.243 e. The molecule has 1 atom stereocenters. The Morgan fingerprint density at radius 2 is 1.90 bits per heavy atom. The number of carbonyl (C=O) groups is 1. The SMILES string of the molecule is COc1ccc(N([C@@H](C)C(=O)NCCOCc2ccccc2)S(C)(=O)=O)cc1Cl. The van der Waals surface area contributed by atoms with Crippen LogP contribution in [0.1, 0.15) is 12.5 Å². The first-order chi connectivity index (χ1) is 13.7. The van der Waals surface area contributed by atoms with E-state index < -0.39 is 22.0 Å². The highest BCUT2D eigenvalue weighted by molar-refractivity contribution is 7.92. The maximum absolute atomic E-state index is 12.5. The van der Waals surface area contributed by atoms with Crippen molar-refractivity contribution in [3.63, 3.8) is 0 Å². The molecule has 158 valence electrons. The van der Waals surface area contributed by atoms with E-state index in [1.165, 1.54) is 20.1 Å². The van der Waals surface area contributed by atoms with Crippen molar-refractivity contribution < 1.29 is 22.7 Å². The lowest BCUT2D eigenvalue weighted by Gasteiger charge is -2.28. The summed E-state index contributed by atoms with van der Waals surface area (Å²) < 4.78 is 36.3. The highest BCUT2D eigenvalue weighted by Crippen LogP contribution is 2.31. The molecule has 29 heavy (non-hydrogen) atoms. The van der Waals surface area contributed by atoms with Gasteiger partial charge in [-0.3, -0.25) is 9.10 Å². The van der Waals surface area contributed by atoms with Crippen LogP contribution in [0.3, 0.4) is 0 Å². The predicted octanol–water partition coefficient (Wildman–Crippen LogP) is 2.84. The molecule has 0 radical (unpaired) electrons. The molecule has 0 spiro atoms. The minimum Gasteiger partial charge on any atom is -0.495 e. The maximum atomic E-state index is 12.5. The van der Waals surface area contributed by atoms with E-state index in [0.717, 1.165) is 16.1 Å². The Morgan fingerprint density at radius 3 is 2.48 bits per heavy atom. The number of nitrogens with zero attached hydrogens (tertiary/aromatic N) is 1. The highest BCUT2D eigenvalue weighted by atomic mass is 35.5. The van der Waals surface area contributed by atoms with Gasteiger partial charge in [0.25, 0.3) is 0 Å². The molecule has 0 aromatic heterocycles. The van der Waals surface area contributed by atoms with Crippen LogP contribution >= 0.6 is 11.6 Å². The van der Waals surface area contributed by atoms with E-state index in [1.54, 1.807) is 12.1 Å². The third-order valence-electron chi connectivity index (χ3n) is 4.14. The van der Waals surface area contributed by atoms with Gasteiger partial charge in [0.05, 0.1) is 37.3 Å². The molecule has 0 aliphatic heterocycles. The summed E-state index contributed by atoms with van der Waals surface area (Å²) in [6.07, 6.45) is 1.04. The lowest BCUT2D eigenvalue weighted by Crippen LogP contribution is -2.48. The number of rotatable bonds is 10. The van der Waals surface area contributed by atoms with Gasteiger partial charge in [-0.15, -0.1) is 0 Å². The second kappa shape index (κ2) is 10.5. The van der Waals surface area contributed by atoms with Crippen LogP contribution in [0.2, 0.25) is 5.02 Å². The molecule has 0 fully saturated rings. The van der Waals surface area contributed by atoms with Crippen molar-refractivity contribution in [3.05, 3.63) is 59.1 Å². The first kappa shape index (κ1) is 23.0. The molecule has 0 bridgehead atoms. The minimum atomic E-state index is -3.73. The Hall–Kier alpha value is -2.29. The average Bonchev–Trinajstić information content (AvgIpc) is 2.67. The second-order valence-corrected chi connectivity index (χ2v) is 8.65. The van der Waals surface area contributed by atoms with Gasteiger partial charge in [0, 0.05) is 6.54 Å². The van der Waals surface area contributed by atoms with E-state index in [9.17, 15) is 13.2 Å². The minimum absolute atomic E-state index is 0.251. The second-order valence-electron chi connectivity index (χ2n) is 6.38. The molecule has 1 amide bonds. The largest absolute Gasteiger partial charge is 0.495 e. The number of hydrogen-bond donors (Lipinski definition) is 1. The monoisotopic (exact) mass is 440 g/mol. The number of methoxy groups -OCH3 is 1. The van der Waals surface area contributed by atoms with Gasteiger partial charge in [-0.2, -0.15) is 0 Å². The molecule has 0 heterocycles. The molecule has 2 aromatic rings. The number of sulfonamides is 1. The molecule has 0 saturated heterocycles. The van der Waals surface area contributed by atoms with Crippen LogP contribution in [0.25, 0.3) is 0 Å². The highest BCUT2D eigenvalue weighted by Gasteiger charge is 2.29. The summed E-state index contributed by atoms with van der Waals surface area (Å²) >= 11 is 6.11. The normalized spacial score (nSPS) is 12.3. The van der Waals surface area contributed by atoms with Crippen molar-refractivity contribution in [1.82, 2.24) is 5.32 Å². The number of amides is 1. The van der Waals surface area contributed by atoms with Crippen molar-refractivity contribution in [2.75, 3.05) is 30.8 Å².